The zero-order valence-electron chi connectivity index (χ0n) is 13.1. The fraction of sp³-hybridized carbons (Fsp3) is 0.647. The molecule has 4 rings (SSSR count). The Morgan fingerprint density at radius 2 is 2.14 bits per heavy atom. The second-order valence-corrected chi connectivity index (χ2v) is 7.65. The van der Waals surface area contributed by atoms with Gasteiger partial charge in [-0.1, -0.05) is 0 Å². The summed E-state index contributed by atoms with van der Waals surface area (Å²) in [5.41, 5.74) is 1.42. The minimum atomic E-state index is 0.655. The molecule has 0 bridgehead atoms. The van der Waals surface area contributed by atoms with Crippen LogP contribution in [0.15, 0.2) is 18.5 Å². The Morgan fingerprint density at radius 3 is 3.00 bits per heavy atom. The number of thiazole rings is 1. The highest BCUT2D eigenvalue weighted by molar-refractivity contribution is 7.11. The smallest absolute Gasteiger partial charge is 0.0974 e. The third-order valence-electron chi connectivity index (χ3n) is 4.92. The second kappa shape index (κ2) is 6.50. The van der Waals surface area contributed by atoms with Gasteiger partial charge >= 0.3 is 0 Å². The number of rotatable bonds is 4. The number of hydrogen-bond acceptors (Lipinski definition) is 4. The maximum atomic E-state index is 4.99. The average Bonchev–Trinajstić information content (AvgIpc) is 3.22. The summed E-state index contributed by atoms with van der Waals surface area (Å²) in [6.45, 7) is 4.49. The first-order valence-electron chi connectivity index (χ1n) is 8.57. The van der Waals surface area contributed by atoms with E-state index in [1.807, 2.05) is 28.3 Å². The van der Waals surface area contributed by atoms with Crippen LogP contribution >= 0.6 is 11.3 Å². The molecule has 0 radical (unpaired) electrons. The molecule has 1 aliphatic carbocycles. The lowest BCUT2D eigenvalue weighted by Gasteiger charge is -2.31. The van der Waals surface area contributed by atoms with E-state index in [-0.39, 0.29) is 0 Å². The summed E-state index contributed by atoms with van der Waals surface area (Å²) in [7, 11) is 0. The van der Waals surface area contributed by atoms with Gasteiger partial charge in [-0.25, -0.2) is 4.98 Å². The van der Waals surface area contributed by atoms with Gasteiger partial charge < -0.3 is 4.90 Å². The largest absolute Gasteiger partial charge is 0.301 e. The number of aromatic nitrogens is 3. The van der Waals surface area contributed by atoms with Crippen LogP contribution in [0.2, 0.25) is 0 Å². The molecule has 1 saturated heterocycles. The molecule has 2 aromatic heterocycles. The Bertz CT molecular complexity index is 581. The van der Waals surface area contributed by atoms with Crippen molar-refractivity contribution in [3.05, 3.63) is 34.0 Å². The fourth-order valence-electron chi connectivity index (χ4n) is 3.68. The Balaban J connectivity index is 1.39. The summed E-state index contributed by atoms with van der Waals surface area (Å²) in [6.07, 6.45) is 11.7. The molecular formula is C17H24N4S. The first-order valence-corrected chi connectivity index (χ1v) is 9.38. The number of fused-ring (bicyclic) bond motifs is 1. The molecule has 22 heavy (non-hydrogen) atoms. The fourth-order valence-corrected chi connectivity index (χ4v) is 4.96. The van der Waals surface area contributed by atoms with Crippen molar-refractivity contribution in [1.29, 1.82) is 0 Å². The molecule has 2 aromatic rings. The summed E-state index contributed by atoms with van der Waals surface area (Å²) in [5.74, 6) is 0.655. The Morgan fingerprint density at radius 1 is 1.18 bits per heavy atom. The van der Waals surface area contributed by atoms with Crippen molar-refractivity contribution in [3.63, 3.8) is 0 Å². The van der Waals surface area contributed by atoms with E-state index >= 15 is 0 Å². The van der Waals surface area contributed by atoms with Crippen molar-refractivity contribution in [2.24, 2.45) is 0 Å². The number of aryl methyl sites for hydroxylation is 2. The van der Waals surface area contributed by atoms with E-state index in [9.17, 15) is 0 Å². The average molecular weight is 316 g/mol. The van der Waals surface area contributed by atoms with Gasteiger partial charge in [-0.15, -0.1) is 11.3 Å². The van der Waals surface area contributed by atoms with Gasteiger partial charge in [0.25, 0.3) is 0 Å². The first-order chi connectivity index (χ1) is 10.9. The predicted molar refractivity (Wildman–Crippen MR) is 89.4 cm³/mol. The van der Waals surface area contributed by atoms with E-state index in [1.54, 1.807) is 4.88 Å². The maximum absolute atomic E-state index is 4.99. The van der Waals surface area contributed by atoms with E-state index in [0.717, 1.165) is 13.1 Å². The van der Waals surface area contributed by atoms with Gasteiger partial charge in [0, 0.05) is 36.3 Å². The molecule has 0 spiro atoms. The topological polar surface area (TPSA) is 34.0 Å². The van der Waals surface area contributed by atoms with Crippen LogP contribution in [0.1, 0.15) is 47.2 Å². The second-order valence-electron chi connectivity index (χ2n) is 6.54. The number of likely N-dealkylation sites (tertiary alicyclic amines) is 1. The van der Waals surface area contributed by atoms with Gasteiger partial charge in [-0.05, 0) is 51.1 Å². The van der Waals surface area contributed by atoms with Crippen LogP contribution < -0.4 is 0 Å². The van der Waals surface area contributed by atoms with Crippen LogP contribution in [0, 0.1) is 0 Å². The van der Waals surface area contributed by atoms with Gasteiger partial charge in [0.15, 0.2) is 0 Å². The first kappa shape index (κ1) is 14.4. The lowest BCUT2D eigenvalue weighted by atomic mass is 9.98. The highest BCUT2D eigenvalue weighted by Crippen LogP contribution is 2.34. The molecule has 5 heteroatoms. The molecule has 0 amide bonds. The van der Waals surface area contributed by atoms with Crippen LogP contribution in [-0.2, 0) is 19.4 Å². The summed E-state index contributed by atoms with van der Waals surface area (Å²) in [5, 5.41) is 5.71. The summed E-state index contributed by atoms with van der Waals surface area (Å²) < 4.78 is 2.03. The van der Waals surface area contributed by atoms with Crippen molar-refractivity contribution in [2.75, 3.05) is 19.6 Å². The van der Waals surface area contributed by atoms with E-state index in [4.69, 9.17) is 4.98 Å². The van der Waals surface area contributed by atoms with E-state index in [0.29, 0.717) is 5.92 Å². The summed E-state index contributed by atoms with van der Waals surface area (Å²) >= 11 is 2.00. The van der Waals surface area contributed by atoms with Crippen molar-refractivity contribution >= 4 is 11.3 Å². The van der Waals surface area contributed by atoms with Crippen LogP contribution in [0.4, 0.5) is 0 Å². The maximum Gasteiger partial charge on any atom is 0.0974 e. The summed E-state index contributed by atoms with van der Waals surface area (Å²) in [6, 6.07) is 2.00. The van der Waals surface area contributed by atoms with E-state index in [2.05, 4.69) is 16.2 Å². The number of nitrogens with zero attached hydrogens (tertiary/aromatic N) is 4. The van der Waals surface area contributed by atoms with Gasteiger partial charge in [0.05, 0.1) is 17.2 Å². The van der Waals surface area contributed by atoms with Crippen molar-refractivity contribution < 1.29 is 0 Å². The van der Waals surface area contributed by atoms with Crippen LogP contribution in [-0.4, -0.2) is 39.3 Å². The molecule has 1 unspecified atom stereocenters. The highest BCUT2D eigenvalue weighted by Gasteiger charge is 2.25. The SMILES string of the molecule is c1cnn(CCN2CCCC(c3nc4c(s3)CCCC4)C2)c1. The Hall–Kier alpha value is -1.20. The lowest BCUT2D eigenvalue weighted by molar-refractivity contribution is 0.198. The quantitative estimate of drug-likeness (QED) is 0.869. The molecule has 0 aromatic carbocycles. The molecule has 2 aliphatic rings. The zero-order chi connectivity index (χ0) is 14.8. The van der Waals surface area contributed by atoms with Crippen LogP contribution in [0.3, 0.4) is 0 Å². The summed E-state index contributed by atoms with van der Waals surface area (Å²) in [4.78, 5) is 9.17. The van der Waals surface area contributed by atoms with E-state index < -0.39 is 0 Å². The molecule has 4 nitrogen and oxygen atoms in total. The van der Waals surface area contributed by atoms with Crippen molar-refractivity contribution in [3.8, 4) is 0 Å². The minimum absolute atomic E-state index is 0.655. The molecule has 118 valence electrons. The molecule has 0 N–H and O–H groups in total. The molecule has 1 atom stereocenters. The predicted octanol–water partition coefficient (Wildman–Crippen LogP) is 3.10. The van der Waals surface area contributed by atoms with Gasteiger partial charge in [0.1, 0.15) is 0 Å². The van der Waals surface area contributed by atoms with Crippen molar-refractivity contribution in [1.82, 2.24) is 19.7 Å². The number of piperidine rings is 1. The third kappa shape index (κ3) is 3.10. The standard InChI is InChI=1S/C17H24N4S/c1-2-7-16-15(6-1)19-17(22-16)14-5-3-9-20(13-14)11-12-21-10-4-8-18-21/h4,8,10,14H,1-3,5-7,9,11-13H2. The molecule has 3 heterocycles. The van der Waals surface area contributed by atoms with Gasteiger partial charge in [-0.2, -0.15) is 5.10 Å². The normalized spacial score (nSPS) is 22.6. The molecular weight excluding hydrogens is 292 g/mol. The Kier molecular flexibility index (Phi) is 4.26. The van der Waals surface area contributed by atoms with Gasteiger partial charge in [-0.3, -0.25) is 4.68 Å². The van der Waals surface area contributed by atoms with E-state index in [1.165, 1.54) is 62.3 Å². The van der Waals surface area contributed by atoms with Crippen molar-refractivity contribution in [2.45, 2.75) is 51.0 Å². The zero-order valence-corrected chi connectivity index (χ0v) is 13.9. The Labute approximate surface area is 136 Å². The third-order valence-corrected chi connectivity index (χ3v) is 6.24. The molecule has 0 saturated carbocycles. The monoisotopic (exact) mass is 316 g/mol. The van der Waals surface area contributed by atoms with Gasteiger partial charge in [0.2, 0.25) is 0 Å². The minimum Gasteiger partial charge on any atom is -0.301 e. The van der Waals surface area contributed by atoms with Crippen LogP contribution in [0.25, 0.3) is 0 Å². The van der Waals surface area contributed by atoms with Crippen LogP contribution in [0.5, 0.6) is 0 Å². The lowest BCUT2D eigenvalue weighted by Crippen LogP contribution is -2.36. The highest BCUT2D eigenvalue weighted by atomic mass is 32.1. The number of hydrogen-bond donors (Lipinski definition) is 0. The molecule has 1 fully saturated rings. The molecule has 1 aliphatic heterocycles.